The lowest BCUT2D eigenvalue weighted by Crippen LogP contribution is -2.21. The van der Waals surface area contributed by atoms with Crippen LogP contribution in [0.3, 0.4) is 0 Å². The third kappa shape index (κ3) is 4.29. The molecule has 0 spiro atoms. The molecule has 134 valence electrons. The van der Waals surface area contributed by atoms with Crippen molar-refractivity contribution in [3.63, 3.8) is 0 Å². The molecule has 0 aliphatic heterocycles. The summed E-state index contributed by atoms with van der Waals surface area (Å²) in [6.45, 7) is 0. The Labute approximate surface area is 160 Å². The van der Waals surface area contributed by atoms with Crippen LogP contribution in [-0.4, -0.2) is 23.6 Å². The van der Waals surface area contributed by atoms with E-state index in [1.165, 1.54) is 11.3 Å². The highest BCUT2D eigenvalue weighted by atomic mass is 32.1. The van der Waals surface area contributed by atoms with Gasteiger partial charge in [0.2, 0.25) is 5.71 Å². The fraction of sp³-hybridized carbons (Fsp3) is 0.0526. The molecule has 4 N–H and O–H groups in total. The lowest BCUT2D eigenvalue weighted by Gasteiger charge is -2.04. The Morgan fingerprint density at radius 1 is 1.26 bits per heavy atom. The molecule has 0 aliphatic rings. The summed E-state index contributed by atoms with van der Waals surface area (Å²) in [7, 11) is 1.64. The van der Waals surface area contributed by atoms with Crippen LogP contribution in [-0.2, 0) is 0 Å². The summed E-state index contributed by atoms with van der Waals surface area (Å²) in [6.07, 6.45) is 0. The summed E-state index contributed by atoms with van der Waals surface area (Å²) in [4.78, 5) is 4.70. The maximum absolute atomic E-state index is 8.90. The number of nitrogens with zero attached hydrogens (tertiary/aromatic N) is 3. The number of ether oxygens (including phenoxy) is 1. The molecule has 3 rings (SSSR count). The molecule has 0 atom stereocenters. The Kier molecular flexibility index (Phi) is 5.44. The van der Waals surface area contributed by atoms with Crippen molar-refractivity contribution in [1.82, 2.24) is 4.98 Å². The largest absolute Gasteiger partial charge is 0.497 e. The van der Waals surface area contributed by atoms with Gasteiger partial charge in [-0.15, -0.1) is 11.3 Å². The molecule has 2 aromatic carbocycles. The first-order valence-corrected chi connectivity index (χ1v) is 8.77. The number of hydrazone groups is 1. The number of nitriles is 1. The normalized spacial score (nSPS) is 10.9. The zero-order chi connectivity index (χ0) is 19.2. The molecule has 0 aliphatic carbocycles. The molecule has 3 aromatic rings. The van der Waals surface area contributed by atoms with Crippen molar-refractivity contribution in [3.05, 3.63) is 53.9 Å². The van der Waals surface area contributed by atoms with Gasteiger partial charge < -0.3 is 10.5 Å². The number of thiazole rings is 1. The van der Waals surface area contributed by atoms with Crippen LogP contribution in [0.2, 0.25) is 0 Å². The number of amidine groups is 1. The van der Waals surface area contributed by atoms with Crippen LogP contribution < -0.4 is 15.9 Å². The van der Waals surface area contributed by atoms with Gasteiger partial charge >= 0.3 is 0 Å². The van der Waals surface area contributed by atoms with Crippen LogP contribution in [0, 0.1) is 16.7 Å². The number of rotatable bonds is 6. The molecule has 0 amide bonds. The van der Waals surface area contributed by atoms with Crippen molar-refractivity contribution in [2.45, 2.75) is 0 Å². The fourth-order valence-corrected chi connectivity index (χ4v) is 3.14. The van der Waals surface area contributed by atoms with Crippen molar-refractivity contribution in [3.8, 4) is 33.6 Å². The maximum atomic E-state index is 8.90. The number of nitrogens with two attached hydrogens (primary N) is 1. The van der Waals surface area contributed by atoms with Gasteiger partial charge in [-0.25, -0.2) is 4.98 Å². The van der Waals surface area contributed by atoms with Crippen molar-refractivity contribution < 1.29 is 4.74 Å². The number of nitrogens with one attached hydrogen (secondary N) is 2. The van der Waals surface area contributed by atoms with Gasteiger partial charge in [-0.2, -0.15) is 10.4 Å². The van der Waals surface area contributed by atoms with Gasteiger partial charge in [0.15, 0.2) is 5.84 Å². The summed E-state index contributed by atoms with van der Waals surface area (Å²) in [5.74, 6) is 0.397. The van der Waals surface area contributed by atoms with E-state index in [2.05, 4.69) is 10.5 Å². The third-order valence-electron chi connectivity index (χ3n) is 3.64. The highest BCUT2D eigenvalue weighted by Crippen LogP contribution is 2.31. The first kappa shape index (κ1) is 18.1. The number of methoxy groups -OCH3 is 1. The van der Waals surface area contributed by atoms with E-state index in [1.54, 1.807) is 19.2 Å². The summed E-state index contributed by atoms with van der Waals surface area (Å²) in [5, 5.41) is 22.9. The van der Waals surface area contributed by atoms with Gasteiger partial charge in [0.05, 0.1) is 18.5 Å². The summed E-state index contributed by atoms with van der Waals surface area (Å²) in [5.41, 5.74) is 11.3. The summed E-state index contributed by atoms with van der Waals surface area (Å²) < 4.78 is 5.26. The van der Waals surface area contributed by atoms with Gasteiger partial charge in [0, 0.05) is 16.5 Å². The van der Waals surface area contributed by atoms with Crippen molar-refractivity contribution >= 4 is 28.6 Å². The summed E-state index contributed by atoms with van der Waals surface area (Å²) in [6, 6.07) is 17.0. The molecule has 0 radical (unpaired) electrons. The molecule has 7 nitrogen and oxygen atoms in total. The average Bonchev–Trinajstić information content (AvgIpc) is 3.19. The standard InChI is InChI=1S/C19H16N6OS/c1-26-15-7-3-4-12(9-15)17-11-27-19(23-17)13-5-2-6-14(8-13)24-25-16(10-20)18(21)22/h2-9,11,24H,1H3,(H3,21,22)/b25-16+. The predicted molar refractivity (Wildman–Crippen MR) is 108 cm³/mol. The van der Waals surface area contributed by atoms with Crippen molar-refractivity contribution in [2.24, 2.45) is 10.8 Å². The Morgan fingerprint density at radius 3 is 2.78 bits per heavy atom. The number of hydrogen-bond donors (Lipinski definition) is 3. The quantitative estimate of drug-likeness (QED) is 0.344. The van der Waals surface area contributed by atoms with Crippen molar-refractivity contribution in [2.75, 3.05) is 12.5 Å². The van der Waals surface area contributed by atoms with E-state index < -0.39 is 0 Å². The molecule has 0 saturated carbocycles. The van der Waals surface area contributed by atoms with E-state index >= 15 is 0 Å². The predicted octanol–water partition coefficient (Wildman–Crippen LogP) is 3.71. The number of hydrogen-bond acceptors (Lipinski definition) is 7. The van der Waals surface area contributed by atoms with Crippen LogP contribution in [0.1, 0.15) is 0 Å². The maximum Gasteiger partial charge on any atom is 0.201 e. The van der Waals surface area contributed by atoms with Crippen LogP contribution in [0.15, 0.2) is 59.0 Å². The second-order valence-corrected chi connectivity index (χ2v) is 6.31. The Bertz CT molecular complexity index is 1050. The molecular weight excluding hydrogens is 360 g/mol. The SMILES string of the molecule is COc1cccc(-c2csc(-c3cccc(N/N=C(\C#N)C(=N)N)c3)n2)c1. The average molecular weight is 376 g/mol. The smallest absolute Gasteiger partial charge is 0.201 e. The molecule has 0 saturated heterocycles. The van der Waals surface area contributed by atoms with Crippen LogP contribution in [0.25, 0.3) is 21.8 Å². The van der Waals surface area contributed by atoms with E-state index in [0.29, 0.717) is 5.69 Å². The molecule has 0 unspecified atom stereocenters. The van der Waals surface area contributed by atoms with Gasteiger partial charge in [-0.1, -0.05) is 24.3 Å². The number of anilines is 1. The second kappa shape index (κ2) is 8.12. The van der Waals surface area contributed by atoms with Crippen LogP contribution in [0.4, 0.5) is 5.69 Å². The minimum atomic E-state index is -0.385. The molecule has 1 aromatic heterocycles. The highest BCUT2D eigenvalue weighted by Gasteiger charge is 2.08. The fourth-order valence-electron chi connectivity index (χ4n) is 2.31. The first-order valence-electron chi connectivity index (χ1n) is 7.89. The Morgan fingerprint density at radius 2 is 2.04 bits per heavy atom. The van der Waals surface area contributed by atoms with E-state index in [-0.39, 0.29) is 11.5 Å². The number of benzene rings is 2. The molecular formula is C19H16N6OS. The zero-order valence-electron chi connectivity index (χ0n) is 14.4. The third-order valence-corrected chi connectivity index (χ3v) is 4.53. The lowest BCUT2D eigenvalue weighted by atomic mass is 10.1. The molecule has 27 heavy (non-hydrogen) atoms. The van der Waals surface area contributed by atoms with E-state index in [0.717, 1.165) is 27.6 Å². The van der Waals surface area contributed by atoms with E-state index in [4.69, 9.17) is 26.1 Å². The minimum Gasteiger partial charge on any atom is -0.497 e. The molecule has 0 fully saturated rings. The monoisotopic (exact) mass is 376 g/mol. The number of aromatic nitrogens is 1. The Balaban J connectivity index is 1.85. The summed E-state index contributed by atoms with van der Waals surface area (Å²) >= 11 is 1.53. The molecule has 0 bridgehead atoms. The van der Waals surface area contributed by atoms with Crippen molar-refractivity contribution in [1.29, 1.82) is 10.7 Å². The zero-order valence-corrected chi connectivity index (χ0v) is 15.2. The van der Waals surface area contributed by atoms with Crippen LogP contribution in [0.5, 0.6) is 5.75 Å². The first-order chi connectivity index (χ1) is 13.1. The Hall–Kier alpha value is -3.70. The van der Waals surface area contributed by atoms with Crippen LogP contribution >= 0.6 is 11.3 Å². The molecule has 8 heteroatoms. The lowest BCUT2D eigenvalue weighted by molar-refractivity contribution is 0.415. The minimum absolute atomic E-state index is 0.171. The van der Waals surface area contributed by atoms with E-state index in [1.807, 2.05) is 47.8 Å². The van der Waals surface area contributed by atoms with E-state index in [9.17, 15) is 0 Å². The highest BCUT2D eigenvalue weighted by molar-refractivity contribution is 7.13. The second-order valence-electron chi connectivity index (χ2n) is 5.45. The van der Waals surface area contributed by atoms with Gasteiger partial charge in [-0.3, -0.25) is 10.8 Å². The van der Waals surface area contributed by atoms with Gasteiger partial charge in [-0.05, 0) is 24.3 Å². The topological polar surface area (TPSA) is 120 Å². The van der Waals surface area contributed by atoms with Gasteiger partial charge in [0.25, 0.3) is 0 Å². The van der Waals surface area contributed by atoms with Gasteiger partial charge in [0.1, 0.15) is 16.8 Å². The molecule has 1 heterocycles.